The Balaban J connectivity index is 1.72. The Bertz CT molecular complexity index is 1200. The number of hydrogen-bond donors (Lipinski definition) is 3. The molecule has 0 radical (unpaired) electrons. The molecule has 2 heterocycles. The number of carbonyl (C=O) groups excluding carboxylic acids is 1. The second-order valence-corrected chi connectivity index (χ2v) is 8.90. The number of halogens is 1. The highest BCUT2D eigenvalue weighted by molar-refractivity contribution is 8.01. The quantitative estimate of drug-likeness (QED) is 0.340. The molecule has 12 heteroatoms. The lowest BCUT2D eigenvalue weighted by molar-refractivity contribution is 0.102. The summed E-state index contributed by atoms with van der Waals surface area (Å²) in [5.41, 5.74) is 5.99. The highest BCUT2D eigenvalue weighted by atomic mass is 35.5. The predicted molar refractivity (Wildman–Crippen MR) is 120 cm³/mol. The first-order chi connectivity index (χ1) is 14.3. The second kappa shape index (κ2) is 9.45. The van der Waals surface area contributed by atoms with Crippen molar-refractivity contribution in [1.82, 2.24) is 19.7 Å². The van der Waals surface area contributed by atoms with Gasteiger partial charge in [-0.3, -0.25) is 19.1 Å². The van der Waals surface area contributed by atoms with Gasteiger partial charge in [-0.05, 0) is 31.0 Å². The van der Waals surface area contributed by atoms with Gasteiger partial charge in [0.2, 0.25) is 5.13 Å². The molecule has 0 aliphatic carbocycles. The maximum absolute atomic E-state index is 12.6. The number of thioether (sulfide) groups is 1. The number of nitrogen functional groups attached to an aromatic ring is 1. The fourth-order valence-electron chi connectivity index (χ4n) is 2.68. The number of H-pyrrole nitrogens is 1. The van der Waals surface area contributed by atoms with Crippen molar-refractivity contribution >= 4 is 57.1 Å². The van der Waals surface area contributed by atoms with E-state index in [1.807, 2.05) is 26.0 Å². The minimum Gasteiger partial charge on any atom is -0.384 e. The zero-order valence-electron chi connectivity index (χ0n) is 16.2. The fourth-order valence-corrected chi connectivity index (χ4v) is 4.49. The number of anilines is 3. The van der Waals surface area contributed by atoms with Crippen molar-refractivity contribution in [3.8, 4) is 0 Å². The molecule has 158 valence electrons. The van der Waals surface area contributed by atoms with Gasteiger partial charge >= 0.3 is 5.69 Å². The molecule has 0 spiro atoms. The van der Waals surface area contributed by atoms with Crippen molar-refractivity contribution in [3.63, 3.8) is 0 Å². The van der Waals surface area contributed by atoms with E-state index in [0.29, 0.717) is 27.5 Å². The number of nitrogens with two attached hydrogens (primary N) is 1. The van der Waals surface area contributed by atoms with Crippen molar-refractivity contribution in [3.05, 3.63) is 55.2 Å². The van der Waals surface area contributed by atoms with Crippen LogP contribution in [0.25, 0.3) is 0 Å². The van der Waals surface area contributed by atoms with Crippen molar-refractivity contribution < 1.29 is 4.79 Å². The number of Topliss-reactive ketones (excluding diaryl/α,β-unsaturated/α-hetero) is 1. The first-order valence-electron chi connectivity index (χ1n) is 8.96. The molecule has 3 aromatic rings. The lowest BCUT2D eigenvalue weighted by Crippen LogP contribution is -2.36. The van der Waals surface area contributed by atoms with Gasteiger partial charge in [0, 0.05) is 17.3 Å². The van der Waals surface area contributed by atoms with E-state index in [2.05, 4.69) is 20.5 Å². The van der Waals surface area contributed by atoms with Crippen LogP contribution in [0.2, 0.25) is 5.02 Å². The summed E-state index contributed by atoms with van der Waals surface area (Å²) in [6, 6.07) is 5.50. The zero-order chi connectivity index (χ0) is 21.8. The average molecular weight is 467 g/mol. The Hall–Kier alpha value is -2.63. The normalized spacial score (nSPS) is 10.9. The summed E-state index contributed by atoms with van der Waals surface area (Å²) >= 11 is 8.52. The molecular weight excluding hydrogens is 448 g/mol. The molecule has 2 aromatic heterocycles. The lowest BCUT2D eigenvalue weighted by atomic mass is 10.2. The number of carbonyl (C=O) groups is 1. The van der Waals surface area contributed by atoms with Gasteiger partial charge in [-0.25, -0.2) is 4.79 Å². The Morgan fingerprint density at radius 1 is 1.37 bits per heavy atom. The Morgan fingerprint density at radius 3 is 2.87 bits per heavy atom. The fraction of sp³-hybridized carbons (Fsp3) is 0.278. The standard InChI is InChI=1S/C18H19ClN6O3S2/c1-3-7-25-14(20)13(15(27)22-17(25)28)12(26)8-29-18-24-23-16(30-18)21-11-6-4-5-10(19)9(11)2/h4-6H,3,7-8,20H2,1-2H3,(H,21,23)(H,22,27,28). The largest absolute Gasteiger partial charge is 0.384 e. The number of hydrogen-bond acceptors (Lipinski definition) is 9. The number of nitrogens with zero attached hydrogens (tertiary/aromatic N) is 3. The molecule has 3 rings (SSSR count). The smallest absolute Gasteiger partial charge is 0.329 e. The van der Waals surface area contributed by atoms with Gasteiger partial charge in [0.15, 0.2) is 10.1 Å². The lowest BCUT2D eigenvalue weighted by Gasteiger charge is -2.10. The summed E-state index contributed by atoms with van der Waals surface area (Å²) in [5, 5.41) is 12.4. The Kier molecular flexibility index (Phi) is 6.95. The van der Waals surface area contributed by atoms with Crippen LogP contribution in [0.5, 0.6) is 0 Å². The van der Waals surface area contributed by atoms with E-state index in [1.165, 1.54) is 15.9 Å². The van der Waals surface area contributed by atoms with Crippen LogP contribution in [-0.4, -0.2) is 31.3 Å². The monoisotopic (exact) mass is 466 g/mol. The van der Waals surface area contributed by atoms with E-state index in [1.54, 1.807) is 6.07 Å². The van der Waals surface area contributed by atoms with Gasteiger partial charge in [-0.1, -0.05) is 47.7 Å². The first-order valence-corrected chi connectivity index (χ1v) is 11.1. The molecule has 0 saturated heterocycles. The van der Waals surface area contributed by atoms with Gasteiger partial charge in [0.1, 0.15) is 11.4 Å². The highest BCUT2D eigenvalue weighted by Crippen LogP contribution is 2.31. The van der Waals surface area contributed by atoms with Gasteiger partial charge in [0.05, 0.1) is 5.75 Å². The van der Waals surface area contributed by atoms with Gasteiger partial charge in [-0.2, -0.15) is 0 Å². The molecule has 0 aliphatic heterocycles. The van der Waals surface area contributed by atoms with Crippen molar-refractivity contribution in [2.75, 3.05) is 16.8 Å². The topological polar surface area (TPSA) is 136 Å². The molecule has 0 aliphatic rings. The van der Waals surface area contributed by atoms with E-state index in [4.69, 9.17) is 17.3 Å². The van der Waals surface area contributed by atoms with Crippen molar-refractivity contribution in [2.24, 2.45) is 0 Å². The Morgan fingerprint density at radius 2 is 2.13 bits per heavy atom. The number of ketones is 1. The molecule has 0 unspecified atom stereocenters. The van der Waals surface area contributed by atoms with E-state index in [0.717, 1.165) is 23.0 Å². The third kappa shape index (κ3) is 4.74. The molecular formula is C18H19ClN6O3S2. The van der Waals surface area contributed by atoms with Crippen LogP contribution in [-0.2, 0) is 6.54 Å². The summed E-state index contributed by atoms with van der Waals surface area (Å²) in [6.45, 7) is 4.06. The third-order valence-corrected chi connectivity index (χ3v) is 6.59. The Labute approximate surface area is 184 Å². The molecule has 30 heavy (non-hydrogen) atoms. The maximum atomic E-state index is 12.6. The summed E-state index contributed by atoms with van der Waals surface area (Å²) in [5.74, 6) is -0.672. The number of nitrogens with one attached hydrogen (secondary N) is 2. The maximum Gasteiger partial charge on any atom is 0.329 e. The third-order valence-electron chi connectivity index (χ3n) is 4.21. The summed E-state index contributed by atoms with van der Waals surface area (Å²) in [4.78, 5) is 38.7. The van der Waals surface area contributed by atoms with Gasteiger partial charge in [-0.15, -0.1) is 10.2 Å². The van der Waals surface area contributed by atoms with Crippen LogP contribution in [0.15, 0.2) is 32.1 Å². The molecule has 0 fully saturated rings. The van der Waals surface area contributed by atoms with Crippen LogP contribution in [0.3, 0.4) is 0 Å². The summed E-state index contributed by atoms with van der Waals surface area (Å²) in [6.07, 6.45) is 0.630. The number of aromatic amines is 1. The average Bonchev–Trinajstić information content (AvgIpc) is 3.14. The molecule has 4 N–H and O–H groups in total. The summed E-state index contributed by atoms with van der Waals surface area (Å²) < 4.78 is 1.74. The number of rotatable bonds is 8. The van der Waals surface area contributed by atoms with Crippen LogP contribution in [0, 0.1) is 6.92 Å². The SMILES string of the molecule is CCCn1c(N)c(C(=O)CSc2nnc(Nc3cccc(Cl)c3C)s2)c(=O)[nH]c1=O. The molecule has 9 nitrogen and oxygen atoms in total. The minimum absolute atomic E-state index is 0.0670. The van der Waals surface area contributed by atoms with Crippen molar-refractivity contribution in [2.45, 2.75) is 31.2 Å². The molecule has 0 amide bonds. The molecule has 0 bridgehead atoms. The molecule has 0 saturated carbocycles. The molecule has 1 aromatic carbocycles. The minimum atomic E-state index is -0.786. The van der Waals surface area contributed by atoms with Crippen LogP contribution in [0.4, 0.5) is 16.6 Å². The van der Waals surface area contributed by atoms with Crippen LogP contribution < -0.4 is 22.3 Å². The van der Waals surface area contributed by atoms with E-state index < -0.39 is 17.0 Å². The van der Waals surface area contributed by atoms with Gasteiger partial charge < -0.3 is 11.1 Å². The highest BCUT2D eigenvalue weighted by Gasteiger charge is 2.20. The van der Waals surface area contributed by atoms with E-state index >= 15 is 0 Å². The molecule has 0 atom stereocenters. The van der Waals surface area contributed by atoms with E-state index in [9.17, 15) is 14.4 Å². The zero-order valence-corrected chi connectivity index (χ0v) is 18.6. The number of benzene rings is 1. The predicted octanol–water partition coefficient (Wildman–Crippen LogP) is 3.06. The van der Waals surface area contributed by atoms with Crippen LogP contribution in [0.1, 0.15) is 29.3 Å². The van der Waals surface area contributed by atoms with Gasteiger partial charge in [0.25, 0.3) is 5.56 Å². The first kappa shape index (κ1) is 22.1. The van der Waals surface area contributed by atoms with E-state index in [-0.39, 0.29) is 17.1 Å². The second-order valence-electron chi connectivity index (χ2n) is 6.29. The van der Waals surface area contributed by atoms with Crippen molar-refractivity contribution in [1.29, 1.82) is 0 Å². The summed E-state index contributed by atoms with van der Waals surface area (Å²) in [7, 11) is 0. The number of aromatic nitrogens is 4. The van der Waals surface area contributed by atoms with Crippen LogP contribution >= 0.6 is 34.7 Å².